The zero-order valence-electron chi connectivity index (χ0n) is 13.0. The SMILES string of the molecule is O=[N+]([O-])c1ccc(OC(c2ccc(Cl)cc2Cl)C(F)n2cncn2)cc1. The normalized spacial score (nSPS) is 13.2. The summed E-state index contributed by atoms with van der Waals surface area (Å²) in [5.41, 5.74) is 0.240. The first-order valence-electron chi connectivity index (χ1n) is 7.30. The van der Waals surface area contributed by atoms with Crippen LogP contribution in [0.1, 0.15) is 18.0 Å². The molecular formula is C16H11Cl2FN4O3. The Kier molecular flexibility index (Phi) is 5.34. The fourth-order valence-electron chi connectivity index (χ4n) is 2.28. The number of aromatic nitrogens is 3. The molecule has 0 fully saturated rings. The fraction of sp³-hybridized carbons (Fsp3) is 0.125. The quantitative estimate of drug-likeness (QED) is 0.442. The van der Waals surface area contributed by atoms with Crippen molar-refractivity contribution in [2.24, 2.45) is 0 Å². The van der Waals surface area contributed by atoms with Gasteiger partial charge in [0.25, 0.3) is 5.69 Å². The van der Waals surface area contributed by atoms with Crippen molar-refractivity contribution < 1.29 is 14.1 Å². The van der Waals surface area contributed by atoms with E-state index in [0.717, 1.165) is 4.68 Å². The number of nitro benzene ring substituents is 1. The maximum absolute atomic E-state index is 15.0. The van der Waals surface area contributed by atoms with Crippen molar-refractivity contribution >= 4 is 28.9 Å². The zero-order chi connectivity index (χ0) is 18.7. The second kappa shape index (κ2) is 7.67. The van der Waals surface area contributed by atoms with Crippen LogP contribution in [0.25, 0.3) is 0 Å². The molecule has 0 saturated carbocycles. The second-order valence-electron chi connectivity index (χ2n) is 5.20. The number of benzene rings is 2. The number of non-ortho nitro benzene ring substituents is 1. The Morgan fingerprint density at radius 3 is 2.50 bits per heavy atom. The fourth-order valence-corrected chi connectivity index (χ4v) is 2.79. The number of nitrogens with zero attached hydrogens (tertiary/aromatic N) is 4. The third-order valence-corrected chi connectivity index (χ3v) is 4.08. The molecule has 10 heteroatoms. The first kappa shape index (κ1) is 18.1. The van der Waals surface area contributed by atoms with Crippen molar-refractivity contribution in [1.29, 1.82) is 0 Å². The summed E-state index contributed by atoms with van der Waals surface area (Å²) in [6.07, 6.45) is -0.520. The lowest BCUT2D eigenvalue weighted by atomic mass is 10.1. The molecule has 0 aliphatic rings. The third-order valence-electron chi connectivity index (χ3n) is 3.52. The minimum atomic E-state index is -1.74. The monoisotopic (exact) mass is 396 g/mol. The van der Waals surface area contributed by atoms with E-state index in [1.807, 2.05) is 0 Å². The van der Waals surface area contributed by atoms with E-state index in [9.17, 15) is 10.1 Å². The summed E-state index contributed by atoms with van der Waals surface area (Å²) >= 11 is 12.1. The van der Waals surface area contributed by atoms with E-state index in [1.165, 1.54) is 43.0 Å². The molecule has 2 aromatic carbocycles. The van der Waals surface area contributed by atoms with Crippen LogP contribution in [0.15, 0.2) is 55.1 Å². The molecule has 0 aliphatic carbocycles. The van der Waals surface area contributed by atoms with Crippen LogP contribution in [-0.4, -0.2) is 19.7 Å². The van der Waals surface area contributed by atoms with E-state index in [1.54, 1.807) is 12.1 Å². The molecule has 0 aliphatic heterocycles. The maximum atomic E-state index is 15.0. The first-order valence-corrected chi connectivity index (χ1v) is 8.05. The average molecular weight is 397 g/mol. The van der Waals surface area contributed by atoms with Gasteiger partial charge in [-0.1, -0.05) is 29.3 Å². The predicted molar refractivity (Wildman–Crippen MR) is 93.1 cm³/mol. The van der Waals surface area contributed by atoms with E-state index >= 15 is 4.39 Å². The van der Waals surface area contributed by atoms with Crippen LogP contribution in [0.4, 0.5) is 10.1 Å². The lowest BCUT2D eigenvalue weighted by molar-refractivity contribution is -0.384. The van der Waals surface area contributed by atoms with Gasteiger partial charge in [0.2, 0.25) is 6.30 Å². The number of nitro groups is 1. The van der Waals surface area contributed by atoms with Crippen LogP contribution in [0.5, 0.6) is 5.75 Å². The number of ether oxygens (including phenoxy) is 1. The molecule has 2 atom stereocenters. The molecule has 0 spiro atoms. The van der Waals surface area contributed by atoms with E-state index < -0.39 is 17.3 Å². The highest BCUT2D eigenvalue weighted by molar-refractivity contribution is 6.35. The Bertz CT molecular complexity index is 906. The van der Waals surface area contributed by atoms with Gasteiger partial charge < -0.3 is 4.74 Å². The van der Waals surface area contributed by atoms with Crippen LogP contribution in [-0.2, 0) is 0 Å². The van der Waals surface area contributed by atoms with Crippen molar-refractivity contribution in [3.8, 4) is 5.75 Å². The first-order chi connectivity index (χ1) is 12.5. The van der Waals surface area contributed by atoms with Gasteiger partial charge in [-0.25, -0.2) is 14.1 Å². The van der Waals surface area contributed by atoms with Crippen LogP contribution >= 0.6 is 23.2 Å². The molecular weight excluding hydrogens is 386 g/mol. The molecule has 0 amide bonds. The van der Waals surface area contributed by atoms with Crippen LogP contribution in [0.2, 0.25) is 10.0 Å². The minimum absolute atomic E-state index is 0.105. The standard InChI is InChI=1S/C16H11Cl2FN4O3/c17-10-1-6-13(14(18)7-10)15(16(19)22-9-20-8-21-22)26-12-4-2-11(3-5-12)23(24)25/h1-9,15-16H. The van der Waals surface area contributed by atoms with Gasteiger partial charge in [0.1, 0.15) is 18.4 Å². The lowest BCUT2D eigenvalue weighted by Gasteiger charge is -2.24. The molecule has 2 unspecified atom stereocenters. The van der Waals surface area contributed by atoms with Gasteiger partial charge in [-0.2, -0.15) is 5.10 Å². The summed E-state index contributed by atoms with van der Waals surface area (Å²) in [4.78, 5) is 13.9. The van der Waals surface area contributed by atoms with Gasteiger partial charge >= 0.3 is 0 Å². The average Bonchev–Trinajstić information content (AvgIpc) is 3.15. The summed E-state index contributed by atoms with van der Waals surface area (Å²) in [5, 5.41) is 15.1. The summed E-state index contributed by atoms with van der Waals surface area (Å²) in [6, 6.07) is 9.86. The Labute approximate surface area is 157 Å². The largest absolute Gasteiger partial charge is 0.481 e. The van der Waals surface area contributed by atoms with Crippen molar-refractivity contribution in [1.82, 2.24) is 14.8 Å². The molecule has 3 aromatic rings. The van der Waals surface area contributed by atoms with Gasteiger partial charge in [-0.3, -0.25) is 10.1 Å². The lowest BCUT2D eigenvalue weighted by Crippen LogP contribution is -2.20. The van der Waals surface area contributed by atoms with Crippen molar-refractivity contribution in [2.75, 3.05) is 0 Å². The summed E-state index contributed by atoms with van der Waals surface area (Å²) in [5.74, 6) is 0.231. The Hall–Kier alpha value is -2.71. The van der Waals surface area contributed by atoms with Crippen LogP contribution < -0.4 is 4.74 Å². The van der Waals surface area contributed by atoms with Crippen LogP contribution in [0.3, 0.4) is 0 Å². The summed E-state index contributed by atoms with van der Waals surface area (Å²) < 4.78 is 21.7. The molecule has 1 aromatic heterocycles. The molecule has 0 radical (unpaired) electrons. The third kappa shape index (κ3) is 3.92. The molecule has 134 valence electrons. The van der Waals surface area contributed by atoms with E-state index in [2.05, 4.69) is 10.1 Å². The highest BCUT2D eigenvalue weighted by Gasteiger charge is 2.29. The number of rotatable bonds is 6. The zero-order valence-corrected chi connectivity index (χ0v) is 14.5. The topological polar surface area (TPSA) is 83.1 Å². The highest BCUT2D eigenvalue weighted by Crippen LogP contribution is 2.37. The van der Waals surface area contributed by atoms with Gasteiger partial charge in [0.05, 0.1) is 4.92 Å². The highest BCUT2D eigenvalue weighted by atomic mass is 35.5. The summed E-state index contributed by atoms with van der Waals surface area (Å²) in [7, 11) is 0. The number of hydrogen-bond acceptors (Lipinski definition) is 5. The Morgan fingerprint density at radius 1 is 1.19 bits per heavy atom. The minimum Gasteiger partial charge on any atom is -0.481 e. The molecule has 0 saturated heterocycles. The Balaban J connectivity index is 1.96. The smallest absolute Gasteiger partial charge is 0.269 e. The molecule has 7 nitrogen and oxygen atoms in total. The van der Waals surface area contributed by atoms with Gasteiger partial charge in [-0.15, -0.1) is 0 Å². The number of alkyl halides is 1. The van der Waals surface area contributed by atoms with Gasteiger partial charge in [-0.05, 0) is 24.3 Å². The van der Waals surface area contributed by atoms with E-state index in [-0.39, 0.29) is 16.5 Å². The molecule has 1 heterocycles. The molecule has 0 N–H and O–H groups in total. The number of hydrogen-bond donors (Lipinski definition) is 0. The van der Waals surface area contributed by atoms with Gasteiger partial charge in [0, 0.05) is 27.7 Å². The van der Waals surface area contributed by atoms with Crippen molar-refractivity contribution in [3.63, 3.8) is 0 Å². The van der Waals surface area contributed by atoms with E-state index in [4.69, 9.17) is 27.9 Å². The van der Waals surface area contributed by atoms with Crippen LogP contribution in [0, 0.1) is 10.1 Å². The van der Waals surface area contributed by atoms with Crippen molar-refractivity contribution in [3.05, 3.63) is 80.8 Å². The predicted octanol–water partition coefficient (Wildman–Crippen LogP) is 4.78. The summed E-state index contributed by atoms with van der Waals surface area (Å²) in [6.45, 7) is 0. The van der Waals surface area contributed by atoms with E-state index in [0.29, 0.717) is 10.6 Å². The molecule has 3 rings (SSSR count). The van der Waals surface area contributed by atoms with Gasteiger partial charge in [0.15, 0.2) is 6.10 Å². The second-order valence-corrected chi connectivity index (χ2v) is 6.05. The number of halogens is 3. The molecule has 0 bridgehead atoms. The molecule has 26 heavy (non-hydrogen) atoms. The van der Waals surface area contributed by atoms with Crippen molar-refractivity contribution in [2.45, 2.75) is 12.4 Å². The maximum Gasteiger partial charge on any atom is 0.269 e. The Morgan fingerprint density at radius 2 is 1.92 bits per heavy atom.